The minimum absolute atomic E-state index is 0.712. The number of likely N-dealkylation sites (tertiary alicyclic amines) is 1. The Labute approximate surface area is 111 Å². The second kappa shape index (κ2) is 6.91. The molecule has 2 heteroatoms. The highest BCUT2D eigenvalue weighted by Gasteiger charge is 2.25. The molecule has 1 aromatic carbocycles. The molecule has 0 aromatic heterocycles. The van der Waals surface area contributed by atoms with Crippen molar-refractivity contribution in [3.05, 3.63) is 35.9 Å². The van der Waals surface area contributed by atoms with E-state index in [0.717, 1.165) is 19.0 Å². The third kappa shape index (κ3) is 3.56. The summed E-state index contributed by atoms with van der Waals surface area (Å²) in [7, 11) is 0. The van der Waals surface area contributed by atoms with Crippen LogP contribution in [-0.4, -0.2) is 24.5 Å². The second-order valence-corrected chi connectivity index (χ2v) is 5.53. The van der Waals surface area contributed by atoms with Gasteiger partial charge < -0.3 is 5.73 Å². The van der Waals surface area contributed by atoms with E-state index in [1.807, 2.05) is 0 Å². The Morgan fingerprint density at radius 3 is 2.78 bits per heavy atom. The monoisotopic (exact) mass is 246 g/mol. The van der Waals surface area contributed by atoms with E-state index in [1.165, 1.54) is 37.9 Å². The van der Waals surface area contributed by atoms with Gasteiger partial charge in [0.25, 0.3) is 0 Å². The molecule has 18 heavy (non-hydrogen) atoms. The van der Waals surface area contributed by atoms with E-state index in [4.69, 9.17) is 5.73 Å². The average Bonchev–Trinajstić information content (AvgIpc) is 2.42. The normalized spacial score (nSPS) is 22.9. The standard InChI is InChI=1S/C16H26N2/c1-2-15(11-17)16-9-6-10-18(13-16)12-14-7-4-3-5-8-14/h3-5,7-8,15-16H,2,6,9-13,17H2,1H3. The van der Waals surface area contributed by atoms with Crippen LogP contribution in [0.4, 0.5) is 0 Å². The minimum atomic E-state index is 0.712. The van der Waals surface area contributed by atoms with Crippen LogP contribution in [0.5, 0.6) is 0 Å². The van der Waals surface area contributed by atoms with Crippen molar-refractivity contribution in [3.8, 4) is 0 Å². The SMILES string of the molecule is CCC(CN)C1CCCN(Cc2ccccc2)C1. The van der Waals surface area contributed by atoms with Gasteiger partial charge in [0.15, 0.2) is 0 Å². The van der Waals surface area contributed by atoms with E-state index < -0.39 is 0 Å². The van der Waals surface area contributed by atoms with Crippen LogP contribution in [0.3, 0.4) is 0 Å². The van der Waals surface area contributed by atoms with Crippen molar-refractivity contribution in [2.45, 2.75) is 32.7 Å². The van der Waals surface area contributed by atoms with Crippen molar-refractivity contribution in [2.24, 2.45) is 17.6 Å². The second-order valence-electron chi connectivity index (χ2n) is 5.53. The molecule has 0 aliphatic carbocycles. The number of nitrogens with two attached hydrogens (primary N) is 1. The Morgan fingerprint density at radius 2 is 2.11 bits per heavy atom. The Bertz CT molecular complexity index is 332. The maximum Gasteiger partial charge on any atom is 0.0233 e. The molecule has 1 aliphatic rings. The summed E-state index contributed by atoms with van der Waals surface area (Å²) in [5.74, 6) is 1.51. The van der Waals surface area contributed by atoms with E-state index in [1.54, 1.807) is 0 Å². The zero-order chi connectivity index (χ0) is 12.8. The molecule has 1 aliphatic heterocycles. The number of piperidine rings is 1. The molecule has 100 valence electrons. The van der Waals surface area contributed by atoms with Crippen LogP contribution >= 0.6 is 0 Å². The zero-order valence-electron chi connectivity index (χ0n) is 11.5. The summed E-state index contributed by atoms with van der Waals surface area (Å²) in [6, 6.07) is 10.8. The average molecular weight is 246 g/mol. The van der Waals surface area contributed by atoms with Gasteiger partial charge in [0.1, 0.15) is 0 Å². The first kappa shape index (κ1) is 13.6. The Balaban J connectivity index is 1.90. The number of rotatable bonds is 5. The first-order chi connectivity index (χ1) is 8.83. The van der Waals surface area contributed by atoms with E-state index in [2.05, 4.69) is 42.2 Å². The Hall–Kier alpha value is -0.860. The van der Waals surface area contributed by atoms with Crippen LogP contribution in [0, 0.1) is 11.8 Å². The third-order valence-electron chi connectivity index (χ3n) is 4.28. The smallest absolute Gasteiger partial charge is 0.0233 e. The largest absolute Gasteiger partial charge is 0.330 e. The maximum absolute atomic E-state index is 5.89. The van der Waals surface area contributed by atoms with Gasteiger partial charge in [0.05, 0.1) is 0 Å². The number of benzene rings is 1. The molecule has 1 aromatic rings. The molecule has 1 fully saturated rings. The molecule has 2 atom stereocenters. The molecule has 0 bridgehead atoms. The molecular weight excluding hydrogens is 220 g/mol. The van der Waals surface area contributed by atoms with Crippen molar-refractivity contribution in [1.82, 2.24) is 4.90 Å². The van der Waals surface area contributed by atoms with Crippen molar-refractivity contribution in [3.63, 3.8) is 0 Å². The fourth-order valence-corrected chi connectivity index (χ4v) is 3.15. The van der Waals surface area contributed by atoms with Gasteiger partial charge in [-0.25, -0.2) is 0 Å². The first-order valence-electron chi connectivity index (χ1n) is 7.29. The lowest BCUT2D eigenvalue weighted by Crippen LogP contribution is -2.39. The van der Waals surface area contributed by atoms with Gasteiger partial charge in [-0.2, -0.15) is 0 Å². The van der Waals surface area contributed by atoms with E-state index in [-0.39, 0.29) is 0 Å². The summed E-state index contributed by atoms with van der Waals surface area (Å²) in [6.45, 7) is 6.68. The van der Waals surface area contributed by atoms with Gasteiger partial charge in [-0.3, -0.25) is 4.90 Å². The number of nitrogens with zero attached hydrogens (tertiary/aromatic N) is 1. The fourth-order valence-electron chi connectivity index (χ4n) is 3.15. The molecule has 0 amide bonds. The minimum Gasteiger partial charge on any atom is -0.330 e. The topological polar surface area (TPSA) is 29.3 Å². The maximum atomic E-state index is 5.89. The third-order valence-corrected chi connectivity index (χ3v) is 4.28. The number of hydrogen-bond acceptors (Lipinski definition) is 2. The van der Waals surface area contributed by atoms with Crippen LogP contribution in [0.2, 0.25) is 0 Å². The van der Waals surface area contributed by atoms with Crippen LogP contribution in [0.15, 0.2) is 30.3 Å². The molecule has 0 spiro atoms. The summed E-state index contributed by atoms with van der Waals surface area (Å²) >= 11 is 0. The van der Waals surface area contributed by atoms with Gasteiger partial charge in [0.2, 0.25) is 0 Å². The molecule has 0 radical (unpaired) electrons. The molecule has 1 saturated heterocycles. The Kier molecular flexibility index (Phi) is 5.21. The lowest BCUT2D eigenvalue weighted by molar-refractivity contribution is 0.128. The van der Waals surface area contributed by atoms with Crippen molar-refractivity contribution in [1.29, 1.82) is 0 Å². The molecular formula is C16H26N2. The van der Waals surface area contributed by atoms with Crippen LogP contribution in [-0.2, 0) is 6.54 Å². The van der Waals surface area contributed by atoms with Crippen LogP contribution in [0.25, 0.3) is 0 Å². The zero-order valence-corrected chi connectivity index (χ0v) is 11.5. The first-order valence-corrected chi connectivity index (χ1v) is 7.29. The summed E-state index contributed by atoms with van der Waals surface area (Å²) in [4.78, 5) is 2.60. The molecule has 2 rings (SSSR count). The van der Waals surface area contributed by atoms with Crippen LogP contribution < -0.4 is 5.73 Å². The molecule has 1 heterocycles. The van der Waals surface area contributed by atoms with E-state index >= 15 is 0 Å². The van der Waals surface area contributed by atoms with Crippen molar-refractivity contribution in [2.75, 3.05) is 19.6 Å². The molecule has 2 N–H and O–H groups in total. The predicted molar refractivity (Wildman–Crippen MR) is 77.3 cm³/mol. The van der Waals surface area contributed by atoms with Gasteiger partial charge in [0, 0.05) is 13.1 Å². The molecule has 2 nitrogen and oxygen atoms in total. The summed E-state index contributed by atoms with van der Waals surface area (Å²) in [5.41, 5.74) is 7.32. The van der Waals surface area contributed by atoms with Gasteiger partial charge >= 0.3 is 0 Å². The lowest BCUT2D eigenvalue weighted by Gasteiger charge is -2.36. The van der Waals surface area contributed by atoms with Crippen LogP contribution in [0.1, 0.15) is 31.7 Å². The Morgan fingerprint density at radius 1 is 1.33 bits per heavy atom. The lowest BCUT2D eigenvalue weighted by atomic mass is 9.84. The van der Waals surface area contributed by atoms with E-state index in [0.29, 0.717) is 5.92 Å². The highest BCUT2D eigenvalue weighted by Crippen LogP contribution is 2.26. The summed E-state index contributed by atoms with van der Waals surface area (Å²) < 4.78 is 0. The predicted octanol–water partition coefficient (Wildman–Crippen LogP) is 2.88. The highest BCUT2D eigenvalue weighted by molar-refractivity contribution is 5.14. The highest BCUT2D eigenvalue weighted by atomic mass is 15.1. The summed E-state index contributed by atoms with van der Waals surface area (Å²) in [6.07, 6.45) is 3.91. The van der Waals surface area contributed by atoms with Crippen molar-refractivity contribution >= 4 is 0 Å². The van der Waals surface area contributed by atoms with Gasteiger partial charge in [-0.15, -0.1) is 0 Å². The number of hydrogen-bond donors (Lipinski definition) is 1. The van der Waals surface area contributed by atoms with Gasteiger partial charge in [-0.1, -0.05) is 43.7 Å². The summed E-state index contributed by atoms with van der Waals surface area (Å²) in [5, 5.41) is 0. The quantitative estimate of drug-likeness (QED) is 0.865. The molecule has 2 unspecified atom stereocenters. The van der Waals surface area contributed by atoms with E-state index in [9.17, 15) is 0 Å². The van der Waals surface area contributed by atoms with Crippen molar-refractivity contribution < 1.29 is 0 Å². The molecule has 0 saturated carbocycles. The van der Waals surface area contributed by atoms with Gasteiger partial charge in [-0.05, 0) is 43.3 Å². The fraction of sp³-hybridized carbons (Fsp3) is 0.625.